The van der Waals surface area contributed by atoms with Gasteiger partial charge in [-0.3, -0.25) is 0 Å². The van der Waals surface area contributed by atoms with E-state index in [1.165, 1.54) is 41.6 Å². The summed E-state index contributed by atoms with van der Waals surface area (Å²) in [5.74, 6) is -1.01. The number of nitrogen functional groups attached to an aromatic ring is 1. The van der Waals surface area contributed by atoms with Gasteiger partial charge in [0.15, 0.2) is 0 Å². The molecule has 0 unspecified atom stereocenters. The van der Waals surface area contributed by atoms with Gasteiger partial charge < -0.3 is 10.8 Å². The number of carboxylic acids is 1. The smallest absolute Gasteiger partial charge is 0.338 e. The second-order valence-electron chi connectivity index (χ2n) is 4.81. The van der Waals surface area contributed by atoms with E-state index in [1.807, 2.05) is 6.07 Å². The molecule has 0 bridgehead atoms. The number of carboxylic acid groups (broad SMARTS) is 1. The minimum Gasteiger partial charge on any atom is -0.478 e. The minimum absolute atomic E-state index is 0.149. The van der Waals surface area contributed by atoms with Crippen molar-refractivity contribution in [3.63, 3.8) is 0 Å². The maximum Gasteiger partial charge on any atom is 0.338 e. The Hall–Kier alpha value is -2.01. The van der Waals surface area contributed by atoms with Crippen LogP contribution in [0.25, 0.3) is 0 Å². The lowest BCUT2D eigenvalue weighted by molar-refractivity contribution is 0.0692. The van der Waals surface area contributed by atoms with Crippen LogP contribution in [0, 0.1) is 0 Å². The van der Waals surface area contributed by atoms with E-state index in [-0.39, 0.29) is 5.56 Å². The average molecular weight is 286 g/mol. The molecule has 0 saturated carbocycles. The summed E-state index contributed by atoms with van der Waals surface area (Å²) in [6, 6.07) is 7.74. The molecule has 0 spiro atoms. The predicted octanol–water partition coefficient (Wildman–Crippen LogP) is 3.00. The van der Waals surface area contributed by atoms with Gasteiger partial charge in [-0.25, -0.2) is 9.78 Å². The van der Waals surface area contributed by atoms with Crippen LogP contribution >= 0.6 is 11.8 Å². The van der Waals surface area contributed by atoms with E-state index in [0.717, 1.165) is 17.7 Å². The van der Waals surface area contributed by atoms with Crippen LogP contribution in [0.15, 0.2) is 40.4 Å². The van der Waals surface area contributed by atoms with Gasteiger partial charge in [0.2, 0.25) is 0 Å². The van der Waals surface area contributed by atoms with Gasteiger partial charge in [0.1, 0.15) is 5.03 Å². The Morgan fingerprint density at radius 2 is 2.05 bits per heavy atom. The fraction of sp³-hybridized carbons (Fsp3) is 0.200. The van der Waals surface area contributed by atoms with Crippen LogP contribution < -0.4 is 5.73 Å². The first-order valence-electron chi connectivity index (χ1n) is 6.42. The van der Waals surface area contributed by atoms with Crippen LogP contribution in [-0.2, 0) is 12.8 Å². The number of nitrogens with two attached hydrogens (primary N) is 1. The van der Waals surface area contributed by atoms with E-state index in [0.29, 0.717) is 10.7 Å². The number of hydrogen-bond donors (Lipinski definition) is 2. The van der Waals surface area contributed by atoms with Crippen molar-refractivity contribution in [3.8, 4) is 0 Å². The lowest BCUT2D eigenvalue weighted by Crippen LogP contribution is -2.02. The Morgan fingerprint density at radius 1 is 1.25 bits per heavy atom. The topological polar surface area (TPSA) is 76.2 Å². The van der Waals surface area contributed by atoms with Crippen LogP contribution in [-0.4, -0.2) is 16.1 Å². The SMILES string of the molecule is Nc1cnc(Sc2ccc3c(c2)CCC3)c(C(=O)O)c1. The second kappa shape index (κ2) is 5.17. The monoisotopic (exact) mass is 286 g/mol. The molecule has 102 valence electrons. The van der Waals surface area contributed by atoms with Crippen LogP contribution in [0.3, 0.4) is 0 Å². The fourth-order valence-electron chi connectivity index (χ4n) is 2.43. The Labute approximate surface area is 121 Å². The van der Waals surface area contributed by atoms with Crippen molar-refractivity contribution in [1.29, 1.82) is 0 Å². The summed E-state index contributed by atoms with van der Waals surface area (Å²) in [6.07, 6.45) is 4.93. The Balaban J connectivity index is 1.93. The van der Waals surface area contributed by atoms with Crippen molar-refractivity contribution < 1.29 is 9.90 Å². The first-order valence-corrected chi connectivity index (χ1v) is 7.23. The summed E-state index contributed by atoms with van der Waals surface area (Å²) >= 11 is 1.37. The van der Waals surface area contributed by atoms with E-state index >= 15 is 0 Å². The molecule has 0 fully saturated rings. The molecule has 1 aliphatic rings. The van der Waals surface area contributed by atoms with E-state index < -0.39 is 5.97 Å². The molecule has 0 atom stereocenters. The molecule has 3 rings (SSSR count). The maximum atomic E-state index is 11.2. The molecule has 4 nitrogen and oxygen atoms in total. The van der Waals surface area contributed by atoms with Crippen LogP contribution in [0.4, 0.5) is 5.69 Å². The summed E-state index contributed by atoms with van der Waals surface area (Å²) in [5.41, 5.74) is 8.87. The number of anilines is 1. The lowest BCUT2D eigenvalue weighted by Gasteiger charge is -2.07. The number of pyridine rings is 1. The van der Waals surface area contributed by atoms with E-state index in [1.54, 1.807) is 0 Å². The second-order valence-corrected chi connectivity index (χ2v) is 5.87. The van der Waals surface area contributed by atoms with Gasteiger partial charge in [-0.05, 0) is 48.6 Å². The number of aromatic nitrogens is 1. The zero-order valence-corrected chi connectivity index (χ0v) is 11.6. The molecule has 3 N–H and O–H groups in total. The number of rotatable bonds is 3. The molecule has 5 heteroatoms. The van der Waals surface area contributed by atoms with E-state index in [4.69, 9.17) is 5.73 Å². The number of carbonyl (C=O) groups is 1. The molecule has 20 heavy (non-hydrogen) atoms. The van der Waals surface area contributed by atoms with Crippen LogP contribution in [0.5, 0.6) is 0 Å². The van der Waals surface area contributed by atoms with Crippen molar-refractivity contribution in [2.75, 3.05) is 5.73 Å². The number of fused-ring (bicyclic) bond motifs is 1. The summed E-state index contributed by atoms with van der Waals surface area (Å²) in [5, 5.41) is 9.69. The third kappa shape index (κ3) is 2.49. The molecule has 2 aromatic rings. The van der Waals surface area contributed by atoms with Crippen molar-refractivity contribution in [2.24, 2.45) is 0 Å². The molecule has 0 radical (unpaired) electrons. The third-order valence-corrected chi connectivity index (χ3v) is 4.40. The van der Waals surface area contributed by atoms with Gasteiger partial charge in [0.25, 0.3) is 0 Å². The quantitative estimate of drug-likeness (QED) is 0.907. The molecular formula is C15H14N2O2S. The molecule has 1 heterocycles. The van der Waals surface area contributed by atoms with Gasteiger partial charge >= 0.3 is 5.97 Å². The number of hydrogen-bond acceptors (Lipinski definition) is 4. The minimum atomic E-state index is -1.01. The number of benzene rings is 1. The summed E-state index contributed by atoms with van der Waals surface area (Å²) in [4.78, 5) is 16.4. The Bertz CT molecular complexity index is 686. The van der Waals surface area contributed by atoms with Gasteiger partial charge in [-0.1, -0.05) is 17.8 Å². The van der Waals surface area contributed by atoms with Crippen molar-refractivity contribution >= 4 is 23.4 Å². The van der Waals surface area contributed by atoms with E-state index in [2.05, 4.69) is 17.1 Å². The van der Waals surface area contributed by atoms with Crippen molar-refractivity contribution in [3.05, 3.63) is 47.2 Å². The number of aromatic carboxylic acids is 1. The van der Waals surface area contributed by atoms with Gasteiger partial charge in [0, 0.05) is 4.90 Å². The standard InChI is InChI=1S/C15H14N2O2S/c16-11-7-13(15(18)19)14(17-8-11)20-12-5-4-9-2-1-3-10(9)6-12/h4-8H,1-3,16H2,(H,18,19). The first-order chi connectivity index (χ1) is 9.63. The molecule has 1 aromatic carbocycles. The Morgan fingerprint density at radius 3 is 2.85 bits per heavy atom. The molecular weight excluding hydrogens is 272 g/mol. The van der Waals surface area contributed by atoms with Gasteiger partial charge in [-0.2, -0.15) is 0 Å². The van der Waals surface area contributed by atoms with E-state index in [9.17, 15) is 9.90 Å². The molecule has 1 aromatic heterocycles. The van der Waals surface area contributed by atoms with Crippen molar-refractivity contribution in [2.45, 2.75) is 29.2 Å². The molecule has 0 saturated heterocycles. The predicted molar refractivity (Wildman–Crippen MR) is 78.2 cm³/mol. The fourth-order valence-corrected chi connectivity index (χ4v) is 3.35. The molecule has 1 aliphatic carbocycles. The summed E-state index contributed by atoms with van der Waals surface area (Å²) in [6.45, 7) is 0. The Kier molecular flexibility index (Phi) is 3.36. The maximum absolute atomic E-state index is 11.2. The summed E-state index contributed by atoms with van der Waals surface area (Å²) < 4.78 is 0. The normalized spacial score (nSPS) is 13.2. The molecule has 0 amide bonds. The highest BCUT2D eigenvalue weighted by Crippen LogP contribution is 2.33. The molecule has 0 aliphatic heterocycles. The summed E-state index contributed by atoms with van der Waals surface area (Å²) in [7, 11) is 0. The highest BCUT2D eigenvalue weighted by molar-refractivity contribution is 7.99. The van der Waals surface area contributed by atoms with Gasteiger partial charge in [0.05, 0.1) is 17.4 Å². The zero-order valence-electron chi connectivity index (χ0n) is 10.8. The lowest BCUT2D eigenvalue weighted by atomic mass is 10.1. The number of aryl methyl sites for hydroxylation is 2. The van der Waals surface area contributed by atoms with Crippen LogP contribution in [0.1, 0.15) is 27.9 Å². The largest absolute Gasteiger partial charge is 0.478 e. The van der Waals surface area contributed by atoms with Crippen molar-refractivity contribution in [1.82, 2.24) is 4.98 Å². The number of nitrogens with zero attached hydrogens (tertiary/aromatic N) is 1. The third-order valence-electron chi connectivity index (χ3n) is 3.39. The highest BCUT2D eigenvalue weighted by Gasteiger charge is 2.15. The average Bonchev–Trinajstić information content (AvgIpc) is 2.88. The van der Waals surface area contributed by atoms with Crippen LogP contribution in [0.2, 0.25) is 0 Å². The highest BCUT2D eigenvalue weighted by atomic mass is 32.2. The zero-order chi connectivity index (χ0) is 14.1. The first kappa shape index (κ1) is 13.0. The van der Waals surface area contributed by atoms with Gasteiger partial charge in [-0.15, -0.1) is 0 Å².